The predicted molar refractivity (Wildman–Crippen MR) is 59.7 cm³/mol. The Morgan fingerprint density at radius 1 is 1.57 bits per heavy atom. The zero-order chi connectivity index (χ0) is 10.6. The van der Waals surface area contributed by atoms with E-state index in [-0.39, 0.29) is 5.69 Å². The molecule has 1 aromatic carbocycles. The topological polar surface area (TPSA) is 55.2 Å². The average molecular weight is 257 g/mol. The Hall–Kier alpha value is -1.36. The number of rotatable bonds is 4. The number of nitro benzene ring substituents is 1. The molecule has 0 spiro atoms. The van der Waals surface area contributed by atoms with E-state index in [9.17, 15) is 10.1 Å². The van der Waals surface area contributed by atoms with Crippen LogP contribution in [0.3, 0.4) is 0 Å². The van der Waals surface area contributed by atoms with Gasteiger partial charge in [0, 0.05) is 17.1 Å². The van der Waals surface area contributed by atoms with Crippen molar-refractivity contribution in [3.05, 3.63) is 45.4 Å². The van der Waals surface area contributed by atoms with Crippen molar-refractivity contribution in [1.29, 1.82) is 0 Å². The third kappa shape index (κ3) is 2.85. The van der Waals surface area contributed by atoms with Crippen LogP contribution >= 0.6 is 15.9 Å². The standard InChI is InChI=1S/C9H9BrN2O2/c1-7(10)6-11-8-4-2-3-5-9(8)12(13)14/h2-5,11H,1,6H2. The van der Waals surface area contributed by atoms with Crippen LogP contribution in [0, 0.1) is 10.1 Å². The highest BCUT2D eigenvalue weighted by molar-refractivity contribution is 9.11. The molecular formula is C9H9BrN2O2. The van der Waals surface area contributed by atoms with Crippen molar-refractivity contribution < 1.29 is 4.92 Å². The summed E-state index contributed by atoms with van der Waals surface area (Å²) < 4.78 is 0.746. The van der Waals surface area contributed by atoms with Crippen molar-refractivity contribution >= 4 is 27.3 Å². The second-order valence-corrected chi connectivity index (χ2v) is 3.77. The first-order valence-corrected chi connectivity index (χ1v) is 4.71. The summed E-state index contributed by atoms with van der Waals surface area (Å²) in [6.07, 6.45) is 0. The second kappa shape index (κ2) is 4.76. The van der Waals surface area contributed by atoms with Gasteiger partial charge in [0.2, 0.25) is 0 Å². The monoisotopic (exact) mass is 256 g/mol. The molecule has 0 heterocycles. The maximum absolute atomic E-state index is 10.6. The summed E-state index contributed by atoms with van der Waals surface area (Å²) in [7, 11) is 0. The maximum atomic E-state index is 10.6. The molecule has 5 heteroatoms. The normalized spacial score (nSPS) is 9.50. The van der Waals surface area contributed by atoms with E-state index in [0.717, 1.165) is 4.48 Å². The first-order valence-electron chi connectivity index (χ1n) is 3.92. The minimum Gasteiger partial charge on any atom is -0.375 e. The van der Waals surface area contributed by atoms with E-state index in [4.69, 9.17) is 0 Å². The Morgan fingerprint density at radius 3 is 2.79 bits per heavy atom. The third-order valence-corrected chi connectivity index (χ3v) is 1.85. The van der Waals surface area contributed by atoms with Crippen molar-refractivity contribution in [2.24, 2.45) is 0 Å². The van der Waals surface area contributed by atoms with Crippen LogP contribution in [-0.2, 0) is 0 Å². The van der Waals surface area contributed by atoms with Crippen LogP contribution in [0.25, 0.3) is 0 Å². The number of para-hydroxylation sites is 2. The number of hydrogen-bond donors (Lipinski definition) is 1. The molecule has 14 heavy (non-hydrogen) atoms. The van der Waals surface area contributed by atoms with Crippen LogP contribution in [0.2, 0.25) is 0 Å². The number of nitro groups is 1. The van der Waals surface area contributed by atoms with Gasteiger partial charge in [0.1, 0.15) is 5.69 Å². The highest BCUT2D eigenvalue weighted by atomic mass is 79.9. The van der Waals surface area contributed by atoms with E-state index < -0.39 is 4.92 Å². The number of anilines is 1. The molecule has 0 saturated carbocycles. The van der Waals surface area contributed by atoms with Crippen LogP contribution < -0.4 is 5.32 Å². The van der Waals surface area contributed by atoms with Gasteiger partial charge < -0.3 is 5.32 Å². The molecule has 1 rings (SSSR count). The number of nitrogens with one attached hydrogen (secondary N) is 1. The summed E-state index contributed by atoms with van der Waals surface area (Å²) >= 11 is 3.17. The van der Waals surface area contributed by atoms with Gasteiger partial charge in [-0.2, -0.15) is 0 Å². The highest BCUT2D eigenvalue weighted by Gasteiger charge is 2.10. The van der Waals surface area contributed by atoms with Gasteiger partial charge >= 0.3 is 0 Å². The third-order valence-electron chi connectivity index (χ3n) is 1.57. The van der Waals surface area contributed by atoms with Crippen LogP contribution in [0.1, 0.15) is 0 Å². The van der Waals surface area contributed by atoms with Crippen LogP contribution in [0.4, 0.5) is 11.4 Å². The minimum atomic E-state index is -0.417. The molecular weight excluding hydrogens is 248 g/mol. The lowest BCUT2D eigenvalue weighted by molar-refractivity contribution is -0.383. The smallest absolute Gasteiger partial charge is 0.292 e. The largest absolute Gasteiger partial charge is 0.375 e. The fourth-order valence-corrected chi connectivity index (χ4v) is 1.11. The Morgan fingerprint density at radius 2 is 2.21 bits per heavy atom. The molecule has 4 nitrogen and oxygen atoms in total. The van der Waals surface area contributed by atoms with Crippen LogP contribution in [-0.4, -0.2) is 11.5 Å². The summed E-state index contributed by atoms with van der Waals surface area (Å²) in [6, 6.07) is 6.49. The molecule has 0 amide bonds. The van der Waals surface area contributed by atoms with E-state index in [2.05, 4.69) is 27.8 Å². The first kappa shape index (κ1) is 10.7. The Kier molecular flexibility index (Phi) is 3.64. The Balaban J connectivity index is 2.84. The van der Waals surface area contributed by atoms with Gasteiger partial charge in [0.15, 0.2) is 0 Å². The van der Waals surface area contributed by atoms with Crippen molar-refractivity contribution in [2.75, 3.05) is 11.9 Å². The van der Waals surface area contributed by atoms with Crippen LogP contribution in [0.15, 0.2) is 35.3 Å². The molecule has 1 N–H and O–H groups in total. The lowest BCUT2D eigenvalue weighted by atomic mass is 10.2. The summed E-state index contributed by atoms with van der Waals surface area (Å²) in [5.41, 5.74) is 0.569. The molecule has 0 unspecified atom stereocenters. The van der Waals surface area contributed by atoms with Gasteiger partial charge in [0.05, 0.1) is 4.92 Å². The fourth-order valence-electron chi connectivity index (χ4n) is 0.973. The fraction of sp³-hybridized carbons (Fsp3) is 0.111. The SMILES string of the molecule is C=C(Br)CNc1ccccc1[N+](=O)[O-]. The van der Waals surface area contributed by atoms with Crippen molar-refractivity contribution in [2.45, 2.75) is 0 Å². The van der Waals surface area contributed by atoms with E-state index in [1.54, 1.807) is 18.2 Å². The zero-order valence-electron chi connectivity index (χ0n) is 7.37. The van der Waals surface area contributed by atoms with E-state index >= 15 is 0 Å². The average Bonchev–Trinajstić information content (AvgIpc) is 2.15. The molecule has 0 aliphatic heterocycles. The quantitative estimate of drug-likeness (QED) is 0.666. The number of hydrogen-bond acceptors (Lipinski definition) is 3. The molecule has 0 aromatic heterocycles. The Bertz CT molecular complexity index is 366. The molecule has 0 bridgehead atoms. The zero-order valence-corrected chi connectivity index (χ0v) is 8.95. The molecule has 0 atom stereocenters. The summed E-state index contributed by atoms with van der Waals surface area (Å²) in [5.74, 6) is 0. The molecule has 0 saturated heterocycles. The van der Waals surface area contributed by atoms with Gasteiger partial charge in [-0.05, 0) is 6.07 Å². The van der Waals surface area contributed by atoms with E-state index in [0.29, 0.717) is 12.2 Å². The predicted octanol–water partition coefficient (Wildman–Crippen LogP) is 2.92. The lowest BCUT2D eigenvalue weighted by Crippen LogP contribution is -2.03. The summed E-state index contributed by atoms with van der Waals surface area (Å²) in [5, 5.41) is 13.5. The number of halogens is 1. The molecule has 1 aromatic rings. The van der Waals surface area contributed by atoms with Crippen molar-refractivity contribution in [1.82, 2.24) is 0 Å². The molecule has 0 aliphatic rings. The minimum absolute atomic E-state index is 0.0706. The van der Waals surface area contributed by atoms with E-state index in [1.165, 1.54) is 6.07 Å². The van der Waals surface area contributed by atoms with Crippen LogP contribution in [0.5, 0.6) is 0 Å². The second-order valence-electron chi connectivity index (χ2n) is 2.65. The van der Waals surface area contributed by atoms with Crippen molar-refractivity contribution in [3.63, 3.8) is 0 Å². The lowest BCUT2D eigenvalue weighted by Gasteiger charge is -2.04. The molecule has 0 radical (unpaired) electrons. The molecule has 0 fully saturated rings. The van der Waals surface area contributed by atoms with E-state index in [1.807, 2.05) is 0 Å². The summed E-state index contributed by atoms with van der Waals surface area (Å²) in [4.78, 5) is 10.2. The highest BCUT2D eigenvalue weighted by Crippen LogP contribution is 2.23. The van der Waals surface area contributed by atoms with Gasteiger partial charge in [-0.1, -0.05) is 34.6 Å². The number of benzene rings is 1. The van der Waals surface area contributed by atoms with Gasteiger partial charge in [0.25, 0.3) is 5.69 Å². The summed E-state index contributed by atoms with van der Waals surface area (Å²) in [6.45, 7) is 4.09. The maximum Gasteiger partial charge on any atom is 0.292 e. The van der Waals surface area contributed by atoms with Gasteiger partial charge in [-0.3, -0.25) is 10.1 Å². The van der Waals surface area contributed by atoms with Gasteiger partial charge in [-0.25, -0.2) is 0 Å². The van der Waals surface area contributed by atoms with Crippen molar-refractivity contribution in [3.8, 4) is 0 Å². The molecule has 0 aliphatic carbocycles. The first-order chi connectivity index (χ1) is 6.61. The molecule has 74 valence electrons. The Labute approximate surface area is 89.9 Å². The van der Waals surface area contributed by atoms with Gasteiger partial charge in [-0.15, -0.1) is 0 Å². The number of nitrogens with zero attached hydrogens (tertiary/aromatic N) is 1.